The third-order valence-corrected chi connectivity index (χ3v) is 4.07. The molecule has 0 unspecified atom stereocenters. The van der Waals surface area contributed by atoms with Crippen LogP contribution < -0.4 is 10.6 Å². The zero-order valence-corrected chi connectivity index (χ0v) is 15.3. The molecule has 0 bridgehead atoms. The summed E-state index contributed by atoms with van der Waals surface area (Å²) >= 11 is 0. The van der Waals surface area contributed by atoms with Gasteiger partial charge in [-0.1, -0.05) is 37.3 Å². The van der Waals surface area contributed by atoms with Crippen molar-refractivity contribution in [2.45, 2.75) is 39.2 Å². The Balaban J connectivity index is 1.80. The Kier molecular flexibility index (Phi) is 7.55. The number of rotatable bonds is 9. The predicted octanol–water partition coefficient (Wildman–Crippen LogP) is 3.37. The van der Waals surface area contributed by atoms with E-state index in [2.05, 4.69) is 10.6 Å². The molecule has 0 radical (unpaired) electrons. The van der Waals surface area contributed by atoms with Gasteiger partial charge >= 0.3 is 5.97 Å². The third kappa shape index (κ3) is 6.58. The predicted molar refractivity (Wildman–Crippen MR) is 104 cm³/mol. The van der Waals surface area contributed by atoms with Crippen LogP contribution in [0.5, 0.6) is 0 Å². The average Bonchev–Trinajstić information content (AvgIpc) is 2.66. The van der Waals surface area contributed by atoms with Gasteiger partial charge in [-0.05, 0) is 42.2 Å². The van der Waals surface area contributed by atoms with E-state index < -0.39 is 5.97 Å². The molecule has 3 N–H and O–H groups in total. The van der Waals surface area contributed by atoms with Crippen molar-refractivity contribution in [3.05, 3.63) is 65.2 Å². The van der Waals surface area contributed by atoms with E-state index in [-0.39, 0.29) is 23.8 Å². The lowest BCUT2D eigenvalue weighted by atomic mass is 10.0. The maximum absolute atomic E-state index is 12.0. The highest BCUT2D eigenvalue weighted by atomic mass is 16.4. The molecule has 0 saturated carbocycles. The molecule has 0 saturated heterocycles. The molecule has 0 aliphatic carbocycles. The van der Waals surface area contributed by atoms with Gasteiger partial charge in [-0.3, -0.25) is 9.59 Å². The van der Waals surface area contributed by atoms with Crippen molar-refractivity contribution in [2.24, 2.45) is 0 Å². The van der Waals surface area contributed by atoms with Crippen molar-refractivity contribution in [3.63, 3.8) is 0 Å². The first-order chi connectivity index (χ1) is 13.0. The number of amides is 2. The molecule has 0 aliphatic heterocycles. The maximum atomic E-state index is 12.0. The summed E-state index contributed by atoms with van der Waals surface area (Å²) in [5.74, 6) is -1.15. The second-order valence-electron chi connectivity index (χ2n) is 6.23. The Hall–Kier alpha value is -3.15. The Morgan fingerprint density at radius 1 is 0.926 bits per heavy atom. The minimum absolute atomic E-state index is 0.0137. The highest BCUT2D eigenvalue weighted by Gasteiger charge is 2.10. The number of nitrogens with one attached hydrogen (secondary N) is 2. The fourth-order valence-corrected chi connectivity index (χ4v) is 2.64. The van der Waals surface area contributed by atoms with E-state index in [4.69, 9.17) is 5.11 Å². The zero-order valence-electron chi connectivity index (χ0n) is 15.3. The van der Waals surface area contributed by atoms with Crippen LogP contribution in [0.15, 0.2) is 48.5 Å². The van der Waals surface area contributed by atoms with Gasteiger partial charge in [-0.15, -0.1) is 0 Å². The highest BCUT2D eigenvalue weighted by Crippen LogP contribution is 2.12. The van der Waals surface area contributed by atoms with Gasteiger partial charge in [-0.25, -0.2) is 4.79 Å². The number of carboxylic acids is 1. The SMILES string of the molecule is CCCC(=O)Nc1ccc(CNC(=O)CCc2ccccc2C(=O)O)cc1. The average molecular weight is 368 g/mol. The van der Waals surface area contributed by atoms with E-state index in [1.807, 2.05) is 19.1 Å². The number of anilines is 1. The van der Waals surface area contributed by atoms with Crippen LogP contribution in [-0.2, 0) is 22.6 Å². The fourth-order valence-electron chi connectivity index (χ4n) is 2.64. The number of carbonyl (C=O) groups is 3. The van der Waals surface area contributed by atoms with Crippen molar-refractivity contribution in [2.75, 3.05) is 5.32 Å². The zero-order chi connectivity index (χ0) is 19.6. The molecule has 142 valence electrons. The topological polar surface area (TPSA) is 95.5 Å². The summed E-state index contributed by atoms with van der Waals surface area (Å²) in [5.41, 5.74) is 2.52. The van der Waals surface area contributed by atoms with Gasteiger partial charge in [0.05, 0.1) is 5.56 Å². The van der Waals surface area contributed by atoms with Gasteiger partial charge in [0, 0.05) is 25.1 Å². The summed E-state index contributed by atoms with van der Waals surface area (Å²) < 4.78 is 0. The van der Waals surface area contributed by atoms with Crippen LogP contribution in [0.2, 0.25) is 0 Å². The molecule has 2 rings (SSSR count). The molecule has 0 atom stereocenters. The van der Waals surface area contributed by atoms with E-state index in [1.165, 1.54) is 6.07 Å². The molecule has 6 nitrogen and oxygen atoms in total. The molecule has 2 aromatic rings. The fraction of sp³-hybridized carbons (Fsp3) is 0.286. The van der Waals surface area contributed by atoms with Crippen LogP contribution >= 0.6 is 0 Å². The second kappa shape index (κ2) is 10.1. The molecular weight excluding hydrogens is 344 g/mol. The number of carbonyl (C=O) groups excluding carboxylic acids is 2. The lowest BCUT2D eigenvalue weighted by Crippen LogP contribution is -2.23. The van der Waals surface area contributed by atoms with Crippen LogP contribution in [0.3, 0.4) is 0 Å². The molecule has 2 amide bonds. The smallest absolute Gasteiger partial charge is 0.335 e. The Morgan fingerprint density at radius 2 is 1.63 bits per heavy atom. The van der Waals surface area contributed by atoms with Gasteiger partial charge in [0.2, 0.25) is 11.8 Å². The number of carboxylic acid groups (broad SMARTS) is 1. The number of aryl methyl sites for hydroxylation is 1. The summed E-state index contributed by atoms with van der Waals surface area (Å²) in [5, 5.41) is 14.8. The standard InChI is InChI=1S/C21H24N2O4/c1-2-5-20(25)23-17-11-8-15(9-12-17)14-22-19(24)13-10-16-6-3-4-7-18(16)21(26)27/h3-4,6-9,11-12H,2,5,10,13-14H2,1H3,(H,22,24)(H,23,25)(H,26,27). The summed E-state index contributed by atoms with van der Waals surface area (Å²) in [6.07, 6.45) is 1.88. The van der Waals surface area contributed by atoms with Crippen molar-refractivity contribution in [1.82, 2.24) is 5.32 Å². The van der Waals surface area contributed by atoms with Gasteiger partial charge in [0.15, 0.2) is 0 Å². The highest BCUT2D eigenvalue weighted by molar-refractivity contribution is 5.90. The summed E-state index contributed by atoms with van der Waals surface area (Å²) in [4.78, 5) is 34.8. The molecule has 6 heteroatoms. The lowest BCUT2D eigenvalue weighted by Gasteiger charge is -2.09. The van der Waals surface area contributed by atoms with E-state index in [0.29, 0.717) is 24.9 Å². The molecule has 2 aromatic carbocycles. The van der Waals surface area contributed by atoms with Crippen LogP contribution in [-0.4, -0.2) is 22.9 Å². The van der Waals surface area contributed by atoms with Crippen molar-refractivity contribution < 1.29 is 19.5 Å². The van der Waals surface area contributed by atoms with Crippen molar-refractivity contribution >= 4 is 23.5 Å². The van der Waals surface area contributed by atoms with Crippen LogP contribution in [0.1, 0.15) is 47.7 Å². The quantitative estimate of drug-likeness (QED) is 0.632. The Bertz CT molecular complexity index is 800. The Labute approximate surface area is 158 Å². The first-order valence-electron chi connectivity index (χ1n) is 8.96. The molecule has 0 fully saturated rings. The minimum atomic E-state index is -0.989. The second-order valence-corrected chi connectivity index (χ2v) is 6.23. The van der Waals surface area contributed by atoms with Crippen molar-refractivity contribution in [3.8, 4) is 0 Å². The number of hydrogen-bond donors (Lipinski definition) is 3. The number of aromatic carboxylic acids is 1. The number of hydrogen-bond acceptors (Lipinski definition) is 3. The first-order valence-corrected chi connectivity index (χ1v) is 8.96. The van der Waals surface area contributed by atoms with Gasteiger partial charge in [0.1, 0.15) is 0 Å². The monoisotopic (exact) mass is 368 g/mol. The van der Waals surface area contributed by atoms with Gasteiger partial charge < -0.3 is 15.7 Å². The molecule has 0 spiro atoms. The maximum Gasteiger partial charge on any atom is 0.335 e. The molecular formula is C21H24N2O4. The largest absolute Gasteiger partial charge is 0.478 e. The van der Waals surface area contributed by atoms with Crippen LogP contribution in [0.25, 0.3) is 0 Å². The third-order valence-electron chi connectivity index (χ3n) is 4.07. The normalized spacial score (nSPS) is 10.3. The van der Waals surface area contributed by atoms with E-state index in [0.717, 1.165) is 17.7 Å². The van der Waals surface area contributed by atoms with Crippen LogP contribution in [0.4, 0.5) is 5.69 Å². The first kappa shape index (κ1) is 20.2. The summed E-state index contributed by atoms with van der Waals surface area (Å²) in [6, 6.07) is 14.0. The summed E-state index contributed by atoms with van der Waals surface area (Å²) in [6.45, 7) is 2.33. The van der Waals surface area contributed by atoms with Gasteiger partial charge in [0.25, 0.3) is 0 Å². The van der Waals surface area contributed by atoms with E-state index >= 15 is 0 Å². The van der Waals surface area contributed by atoms with Gasteiger partial charge in [-0.2, -0.15) is 0 Å². The van der Waals surface area contributed by atoms with E-state index in [1.54, 1.807) is 30.3 Å². The number of benzene rings is 2. The molecule has 0 aliphatic rings. The molecule has 27 heavy (non-hydrogen) atoms. The molecule has 0 aromatic heterocycles. The van der Waals surface area contributed by atoms with Crippen LogP contribution in [0, 0.1) is 0 Å². The summed E-state index contributed by atoms with van der Waals surface area (Å²) in [7, 11) is 0. The lowest BCUT2D eigenvalue weighted by molar-refractivity contribution is -0.121. The van der Waals surface area contributed by atoms with E-state index in [9.17, 15) is 14.4 Å². The van der Waals surface area contributed by atoms with Crippen molar-refractivity contribution in [1.29, 1.82) is 0 Å². The molecule has 0 heterocycles. The minimum Gasteiger partial charge on any atom is -0.478 e. The Morgan fingerprint density at radius 3 is 2.30 bits per heavy atom.